The van der Waals surface area contributed by atoms with E-state index in [2.05, 4.69) is 21.0 Å². The number of ether oxygens (including phenoxy) is 1. The van der Waals surface area contributed by atoms with E-state index >= 15 is 0 Å². The highest BCUT2D eigenvalue weighted by atomic mass is 19.1. The highest BCUT2D eigenvalue weighted by Gasteiger charge is 2.32. The third-order valence-corrected chi connectivity index (χ3v) is 5.45. The summed E-state index contributed by atoms with van der Waals surface area (Å²) in [6, 6.07) is 11.8. The van der Waals surface area contributed by atoms with Gasteiger partial charge in [-0.3, -0.25) is 19.5 Å². The van der Waals surface area contributed by atoms with Gasteiger partial charge in [-0.15, -0.1) is 0 Å². The van der Waals surface area contributed by atoms with Gasteiger partial charge in [-0.05, 0) is 29.3 Å². The van der Waals surface area contributed by atoms with Crippen LogP contribution in [0, 0.1) is 5.82 Å². The lowest BCUT2D eigenvalue weighted by atomic mass is 10.0. The van der Waals surface area contributed by atoms with Gasteiger partial charge in [-0.2, -0.15) is 5.11 Å². The van der Waals surface area contributed by atoms with E-state index in [0.29, 0.717) is 36.4 Å². The number of halogens is 1. The molecule has 1 atom stereocenters. The molecule has 1 saturated heterocycles. The van der Waals surface area contributed by atoms with Gasteiger partial charge < -0.3 is 15.4 Å². The molecule has 2 heterocycles. The van der Waals surface area contributed by atoms with E-state index in [0.717, 1.165) is 5.56 Å². The van der Waals surface area contributed by atoms with E-state index in [9.17, 15) is 18.8 Å². The molecule has 2 aromatic carbocycles. The smallest absolute Gasteiger partial charge is 0.414 e. The fourth-order valence-electron chi connectivity index (χ4n) is 3.68. The first-order valence-corrected chi connectivity index (χ1v) is 10.9. The third-order valence-electron chi connectivity index (χ3n) is 5.45. The molecule has 2 aliphatic heterocycles. The fourth-order valence-corrected chi connectivity index (χ4v) is 3.68. The minimum absolute atomic E-state index is 0.147. The average Bonchev–Trinajstić information content (AvgIpc) is 3.46. The van der Waals surface area contributed by atoms with Crippen LogP contribution in [0.1, 0.15) is 12.5 Å². The van der Waals surface area contributed by atoms with Gasteiger partial charge in [0.2, 0.25) is 11.8 Å². The number of amides is 3. The third kappa shape index (κ3) is 5.66. The Morgan fingerprint density at radius 1 is 1.18 bits per heavy atom. The summed E-state index contributed by atoms with van der Waals surface area (Å²) < 4.78 is 20.1. The lowest BCUT2D eigenvalue weighted by Gasteiger charge is -2.15. The number of anilines is 1. The number of hydrogen-bond acceptors (Lipinski definition) is 7. The van der Waals surface area contributed by atoms with Crippen molar-refractivity contribution in [2.24, 2.45) is 10.3 Å². The van der Waals surface area contributed by atoms with E-state index < -0.39 is 18.0 Å². The summed E-state index contributed by atoms with van der Waals surface area (Å²) in [4.78, 5) is 36.6. The molecule has 2 aliphatic rings. The second-order valence-electron chi connectivity index (χ2n) is 8.03. The number of rotatable bonds is 8. The Kier molecular flexibility index (Phi) is 7.00. The molecule has 0 aromatic heterocycles. The zero-order chi connectivity index (χ0) is 24.1. The van der Waals surface area contributed by atoms with Crippen LogP contribution in [0.25, 0.3) is 11.1 Å². The summed E-state index contributed by atoms with van der Waals surface area (Å²) in [5.74, 6) is -0.838. The molecular weight excluding hydrogens is 443 g/mol. The van der Waals surface area contributed by atoms with Crippen molar-refractivity contribution in [2.45, 2.75) is 19.6 Å². The van der Waals surface area contributed by atoms with Crippen molar-refractivity contribution in [1.29, 1.82) is 0 Å². The van der Waals surface area contributed by atoms with Crippen molar-refractivity contribution in [3.63, 3.8) is 0 Å². The van der Waals surface area contributed by atoms with E-state index in [1.54, 1.807) is 29.3 Å². The second kappa shape index (κ2) is 10.3. The van der Waals surface area contributed by atoms with E-state index in [-0.39, 0.29) is 31.4 Å². The Bertz CT molecular complexity index is 1110. The Morgan fingerprint density at radius 3 is 2.65 bits per heavy atom. The van der Waals surface area contributed by atoms with Crippen LogP contribution in [-0.4, -0.2) is 61.7 Å². The molecule has 11 heteroatoms. The van der Waals surface area contributed by atoms with Crippen LogP contribution in [0.2, 0.25) is 0 Å². The average molecular weight is 468 g/mol. The molecule has 2 aromatic rings. The maximum atomic E-state index is 14.9. The van der Waals surface area contributed by atoms with Crippen LogP contribution >= 0.6 is 0 Å². The molecule has 10 nitrogen and oxygen atoms in total. The molecular formula is C23H25FN6O4. The van der Waals surface area contributed by atoms with Gasteiger partial charge in [0, 0.05) is 19.0 Å². The summed E-state index contributed by atoms with van der Waals surface area (Å²) in [7, 11) is 0. The van der Waals surface area contributed by atoms with Gasteiger partial charge >= 0.3 is 6.09 Å². The topological polar surface area (TPSA) is 116 Å². The molecule has 2 N–H and O–H groups in total. The molecule has 178 valence electrons. The number of hydrogen-bond donors (Lipinski definition) is 2. The minimum Gasteiger partial charge on any atom is -0.442 e. The summed E-state index contributed by atoms with van der Waals surface area (Å²) in [5.41, 5.74) is 2.32. The number of nitrogens with zero attached hydrogens (tertiary/aromatic N) is 4. The molecule has 34 heavy (non-hydrogen) atoms. The van der Waals surface area contributed by atoms with Crippen LogP contribution < -0.4 is 15.5 Å². The molecule has 0 spiro atoms. The SMILES string of the molecule is CC(=O)NC[C@H]1CN(c2ccc(-c3ccc(CNC(=O)CN4CCN=N4)cc3)c(F)c2)C(=O)O1. The predicted molar refractivity (Wildman–Crippen MR) is 121 cm³/mol. The number of cyclic esters (lactones) is 1. The Labute approximate surface area is 195 Å². The number of nitrogens with one attached hydrogen (secondary N) is 2. The summed E-state index contributed by atoms with van der Waals surface area (Å²) >= 11 is 0. The summed E-state index contributed by atoms with van der Waals surface area (Å²) in [5, 5.41) is 14.7. The number of carbonyl (C=O) groups is 3. The van der Waals surface area contributed by atoms with Crippen molar-refractivity contribution in [1.82, 2.24) is 15.6 Å². The monoisotopic (exact) mass is 468 g/mol. The first kappa shape index (κ1) is 23.1. The molecule has 0 bridgehead atoms. The molecule has 0 radical (unpaired) electrons. The van der Waals surface area contributed by atoms with Crippen LogP contribution in [0.15, 0.2) is 52.8 Å². The fraction of sp³-hybridized carbons (Fsp3) is 0.348. The Hall–Kier alpha value is -4.02. The first-order valence-electron chi connectivity index (χ1n) is 10.9. The molecule has 3 amide bonds. The highest BCUT2D eigenvalue weighted by molar-refractivity contribution is 5.90. The van der Waals surface area contributed by atoms with Crippen molar-refractivity contribution in [2.75, 3.05) is 37.6 Å². The Morgan fingerprint density at radius 2 is 1.97 bits per heavy atom. The van der Waals surface area contributed by atoms with Crippen molar-refractivity contribution < 1.29 is 23.5 Å². The zero-order valence-electron chi connectivity index (χ0n) is 18.7. The van der Waals surface area contributed by atoms with Gasteiger partial charge in [0.15, 0.2) is 0 Å². The lowest BCUT2D eigenvalue weighted by molar-refractivity contribution is -0.122. The molecule has 0 saturated carbocycles. The Balaban J connectivity index is 1.35. The van der Waals surface area contributed by atoms with Crippen LogP contribution in [0.3, 0.4) is 0 Å². The largest absolute Gasteiger partial charge is 0.442 e. The minimum atomic E-state index is -0.582. The van der Waals surface area contributed by atoms with Gasteiger partial charge in [0.1, 0.15) is 18.5 Å². The standard InChI is InChI=1S/C23H25FN6O4/c1-15(31)25-12-19-13-30(23(33)34-19)18-6-7-20(21(24)10-18)17-4-2-16(3-5-17)11-26-22(32)14-29-9-8-27-28-29/h2-7,10,19H,8-9,11-14H2,1H3,(H,25,31)(H,26,32)/t19-/m0/s1. The maximum absolute atomic E-state index is 14.9. The van der Waals surface area contributed by atoms with Crippen molar-refractivity contribution >= 4 is 23.6 Å². The molecule has 0 aliphatic carbocycles. The second-order valence-corrected chi connectivity index (χ2v) is 8.03. The van der Waals surface area contributed by atoms with Crippen LogP contribution in [-0.2, 0) is 20.9 Å². The van der Waals surface area contributed by atoms with Gasteiger partial charge in [0.25, 0.3) is 0 Å². The summed E-state index contributed by atoms with van der Waals surface area (Å²) in [6.07, 6.45) is -1.08. The molecule has 1 fully saturated rings. The molecule has 0 unspecified atom stereocenters. The molecule has 4 rings (SSSR count). The predicted octanol–water partition coefficient (Wildman–Crippen LogP) is 2.25. The first-order chi connectivity index (χ1) is 16.4. The van der Waals surface area contributed by atoms with Crippen LogP contribution in [0.4, 0.5) is 14.9 Å². The van der Waals surface area contributed by atoms with Gasteiger partial charge in [-0.25, -0.2) is 9.18 Å². The van der Waals surface area contributed by atoms with E-state index in [1.807, 2.05) is 12.1 Å². The lowest BCUT2D eigenvalue weighted by Crippen LogP contribution is -2.33. The normalized spacial score (nSPS) is 17.1. The summed E-state index contributed by atoms with van der Waals surface area (Å²) in [6.45, 7) is 3.57. The highest BCUT2D eigenvalue weighted by Crippen LogP contribution is 2.29. The maximum Gasteiger partial charge on any atom is 0.414 e. The number of benzene rings is 2. The van der Waals surface area contributed by atoms with E-state index in [4.69, 9.17) is 4.74 Å². The van der Waals surface area contributed by atoms with E-state index in [1.165, 1.54) is 17.9 Å². The quantitative estimate of drug-likeness (QED) is 0.617. The zero-order valence-corrected chi connectivity index (χ0v) is 18.7. The van der Waals surface area contributed by atoms with Gasteiger partial charge in [0.05, 0.1) is 31.9 Å². The van der Waals surface area contributed by atoms with Crippen molar-refractivity contribution in [3.05, 3.63) is 53.8 Å². The van der Waals surface area contributed by atoms with Crippen LogP contribution in [0.5, 0.6) is 0 Å². The van der Waals surface area contributed by atoms with Crippen molar-refractivity contribution in [3.8, 4) is 11.1 Å². The number of carbonyl (C=O) groups excluding carboxylic acids is 3. The van der Waals surface area contributed by atoms with Gasteiger partial charge in [-0.1, -0.05) is 29.5 Å².